The fraction of sp³-hybridized carbons (Fsp3) is 0.238. The second-order valence-corrected chi connectivity index (χ2v) is 6.76. The summed E-state index contributed by atoms with van der Waals surface area (Å²) in [5, 5.41) is 9.61. The maximum absolute atomic E-state index is 9.61. The van der Waals surface area contributed by atoms with Crippen LogP contribution in [0.25, 0.3) is 22.4 Å². The van der Waals surface area contributed by atoms with E-state index >= 15 is 0 Å². The van der Waals surface area contributed by atoms with Crippen LogP contribution in [0.5, 0.6) is 0 Å². The van der Waals surface area contributed by atoms with Crippen LogP contribution in [0, 0.1) is 11.3 Å². The van der Waals surface area contributed by atoms with Crippen LogP contribution in [-0.2, 0) is 7.05 Å². The molecule has 0 radical (unpaired) electrons. The Hall–Kier alpha value is -3.10. The van der Waals surface area contributed by atoms with Gasteiger partial charge < -0.3 is 15.2 Å². The molecule has 0 fully saturated rings. The van der Waals surface area contributed by atoms with Crippen molar-refractivity contribution in [3.63, 3.8) is 0 Å². The molecule has 0 aliphatic rings. The van der Waals surface area contributed by atoms with E-state index in [0.717, 1.165) is 22.4 Å². The molecule has 2 heterocycles. The third-order valence-corrected chi connectivity index (χ3v) is 4.74. The molecule has 2 aromatic heterocycles. The highest BCUT2D eigenvalue weighted by molar-refractivity contribution is 5.80. The number of nitrogen functional groups attached to an aromatic ring is 1. The molecule has 0 aliphatic heterocycles. The number of benzene rings is 1. The number of rotatable bonds is 4. The van der Waals surface area contributed by atoms with E-state index in [9.17, 15) is 5.26 Å². The topological polar surface area (TPSA) is 70.9 Å². The lowest BCUT2D eigenvalue weighted by Gasteiger charge is -2.21. The predicted octanol–water partition coefficient (Wildman–Crippen LogP) is 3.83. The number of aryl methyl sites for hydroxylation is 1. The summed E-state index contributed by atoms with van der Waals surface area (Å²) >= 11 is 0. The predicted molar refractivity (Wildman–Crippen MR) is 105 cm³/mol. The van der Waals surface area contributed by atoms with Crippen molar-refractivity contribution in [1.82, 2.24) is 14.5 Å². The molecule has 1 aromatic carbocycles. The van der Waals surface area contributed by atoms with Crippen molar-refractivity contribution < 1.29 is 0 Å². The van der Waals surface area contributed by atoms with E-state index in [1.165, 1.54) is 5.56 Å². The fourth-order valence-electron chi connectivity index (χ4n) is 2.98. The van der Waals surface area contributed by atoms with Gasteiger partial charge in [-0.15, -0.1) is 0 Å². The first kappa shape index (κ1) is 17.7. The largest absolute Gasteiger partial charge is 0.383 e. The molecule has 0 unspecified atom stereocenters. The van der Waals surface area contributed by atoms with Crippen molar-refractivity contribution in [2.24, 2.45) is 7.05 Å². The van der Waals surface area contributed by atoms with Crippen molar-refractivity contribution in [2.45, 2.75) is 13.0 Å². The lowest BCUT2D eigenvalue weighted by atomic mass is 9.96. The van der Waals surface area contributed by atoms with Crippen LogP contribution in [0.1, 0.15) is 24.1 Å². The normalized spacial score (nSPS) is 12.2. The average molecular weight is 345 g/mol. The summed E-state index contributed by atoms with van der Waals surface area (Å²) in [5.74, 6) is 0.259. The third kappa shape index (κ3) is 3.32. The number of nitriles is 1. The summed E-state index contributed by atoms with van der Waals surface area (Å²) in [4.78, 5) is 6.59. The van der Waals surface area contributed by atoms with Crippen LogP contribution in [-0.4, -0.2) is 28.5 Å². The summed E-state index contributed by atoms with van der Waals surface area (Å²) < 4.78 is 1.96. The van der Waals surface area contributed by atoms with E-state index in [4.69, 9.17) is 5.73 Å². The number of pyridine rings is 1. The van der Waals surface area contributed by atoms with Crippen molar-refractivity contribution >= 4 is 5.82 Å². The van der Waals surface area contributed by atoms with Gasteiger partial charge in [0.1, 0.15) is 17.5 Å². The van der Waals surface area contributed by atoms with Gasteiger partial charge in [-0.25, -0.2) is 4.98 Å². The summed E-state index contributed by atoms with van der Waals surface area (Å²) in [6.45, 7) is 2.15. The Morgan fingerprint density at radius 3 is 2.58 bits per heavy atom. The number of nitrogens with two attached hydrogens (primary N) is 1. The minimum atomic E-state index is 0.259. The number of hydrogen-bond donors (Lipinski definition) is 1. The molecule has 5 heteroatoms. The standard InChI is InChI=1S/C21H23N5/c1-14(25(2)3)15-6-5-7-16(10-15)18-11-20(17-8-9-26(4)13-17)24-21(23)19(18)12-22/h5-11,13-14H,1-4H3,(H2,23,24)/t14-/m1/s1. The van der Waals surface area contributed by atoms with E-state index in [0.29, 0.717) is 5.56 Å². The zero-order chi connectivity index (χ0) is 18.8. The molecule has 0 spiro atoms. The van der Waals surface area contributed by atoms with Crippen LogP contribution in [0.2, 0.25) is 0 Å². The number of nitrogens with zero attached hydrogens (tertiary/aromatic N) is 4. The highest BCUT2D eigenvalue weighted by Gasteiger charge is 2.15. The van der Waals surface area contributed by atoms with Gasteiger partial charge in [-0.05, 0) is 50.3 Å². The maximum atomic E-state index is 9.61. The van der Waals surface area contributed by atoms with E-state index in [2.05, 4.69) is 49.1 Å². The molecule has 26 heavy (non-hydrogen) atoms. The lowest BCUT2D eigenvalue weighted by Crippen LogP contribution is -2.16. The molecule has 0 amide bonds. The van der Waals surface area contributed by atoms with Gasteiger partial charge in [0.25, 0.3) is 0 Å². The minimum Gasteiger partial charge on any atom is -0.383 e. The smallest absolute Gasteiger partial charge is 0.142 e. The monoisotopic (exact) mass is 345 g/mol. The van der Waals surface area contributed by atoms with Crippen molar-refractivity contribution in [3.8, 4) is 28.5 Å². The van der Waals surface area contributed by atoms with Crippen LogP contribution < -0.4 is 5.73 Å². The van der Waals surface area contributed by atoms with Gasteiger partial charge in [-0.1, -0.05) is 18.2 Å². The van der Waals surface area contributed by atoms with Crippen LogP contribution in [0.3, 0.4) is 0 Å². The lowest BCUT2D eigenvalue weighted by molar-refractivity contribution is 0.321. The Morgan fingerprint density at radius 2 is 1.96 bits per heavy atom. The SMILES string of the molecule is C[C@H](c1cccc(-c2cc(-c3ccn(C)c3)nc(N)c2C#N)c1)N(C)C. The van der Waals surface area contributed by atoms with E-state index in [1.54, 1.807) is 0 Å². The molecular formula is C21H23N5. The van der Waals surface area contributed by atoms with Gasteiger partial charge in [0.15, 0.2) is 0 Å². The Kier molecular flexibility index (Phi) is 4.79. The van der Waals surface area contributed by atoms with Crippen molar-refractivity contribution in [1.29, 1.82) is 5.26 Å². The van der Waals surface area contributed by atoms with Gasteiger partial charge in [0.05, 0.1) is 5.69 Å². The van der Waals surface area contributed by atoms with Gasteiger partial charge >= 0.3 is 0 Å². The summed E-state index contributed by atoms with van der Waals surface area (Å²) in [5.41, 5.74) is 11.2. The van der Waals surface area contributed by atoms with Crippen molar-refractivity contribution in [2.75, 3.05) is 19.8 Å². The highest BCUT2D eigenvalue weighted by Crippen LogP contribution is 2.32. The molecule has 3 aromatic rings. The number of anilines is 1. The Balaban J connectivity index is 2.16. The summed E-state index contributed by atoms with van der Waals surface area (Å²) in [6, 6.07) is 14.7. The molecule has 0 bridgehead atoms. The molecular weight excluding hydrogens is 322 g/mol. The van der Waals surface area contributed by atoms with Gasteiger partial charge in [0, 0.05) is 36.6 Å². The molecule has 132 valence electrons. The highest BCUT2D eigenvalue weighted by atomic mass is 15.1. The summed E-state index contributed by atoms with van der Waals surface area (Å²) in [7, 11) is 6.06. The van der Waals surface area contributed by atoms with Crippen LogP contribution in [0.4, 0.5) is 5.82 Å². The van der Waals surface area contributed by atoms with Gasteiger partial charge in [0.2, 0.25) is 0 Å². The molecule has 3 rings (SSSR count). The minimum absolute atomic E-state index is 0.259. The maximum Gasteiger partial charge on any atom is 0.142 e. The van der Waals surface area contributed by atoms with Gasteiger partial charge in [-0.3, -0.25) is 0 Å². The van der Waals surface area contributed by atoms with E-state index in [1.807, 2.05) is 48.3 Å². The first-order valence-electron chi connectivity index (χ1n) is 8.50. The van der Waals surface area contributed by atoms with Crippen LogP contribution >= 0.6 is 0 Å². The average Bonchev–Trinajstić information content (AvgIpc) is 3.06. The Bertz CT molecular complexity index is 978. The molecule has 5 nitrogen and oxygen atoms in total. The molecule has 0 saturated heterocycles. The molecule has 0 aliphatic carbocycles. The van der Waals surface area contributed by atoms with Gasteiger partial charge in [-0.2, -0.15) is 5.26 Å². The first-order chi connectivity index (χ1) is 12.4. The quantitative estimate of drug-likeness (QED) is 0.780. The zero-order valence-corrected chi connectivity index (χ0v) is 15.6. The second-order valence-electron chi connectivity index (χ2n) is 6.76. The second kappa shape index (κ2) is 7.03. The zero-order valence-electron chi connectivity index (χ0n) is 15.6. The number of aromatic nitrogens is 2. The molecule has 2 N–H and O–H groups in total. The molecule has 0 saturated carbocycles. The van der Waals surface area contributed by atoms with Crippen molar-refractivity contribution in [3.05, 3.63) is 59.9 Å². The number of hydrogen-bond acceptors (Lipinski definition) is 4. The molecule has 1 atom stereocenters. The van der Waals surface area contributed by atoms with E-state index in [-0.39, 0.29) is 11.9 Å². The third-order valence-electron chi connectivity index (χ3n) is 4.74. The summed E-state index contributed by atoms with van der Waals surface area (Å²) in [6.07, 6.45) is 3.95. The Morgan fingerprint density at radius 1 is 1.19 bits per heavy atom. The first-order valence-corrected chi connectivity index (χ1v) is 8.50. The Labute approximate surface area is 154 Å². The van der Waals surface area contributed by atoms with Crippen LogP contribution in [0.15, 0.2) is 48.8 Å². The van der Waals surface area contributed by atoms with E-state index < -0.39 is 0 Å². The fourth-order valence-corrected chi connectivity index (χ4v) is 2.98.